The van der Waals surface area contributed by atoms with Crippen LogP contribution in [0.2, 0.25) is 0 Å². The van der Waals surface area contributed by atoms with Gasteiger partial charge in [-0.1, -0.05) is 0 Å². The zero-order chi connectivity index (χ0) is 4.99. The molecule has 1 radical (unpaired) electrons. The molecular formula is C4H10NO. The second-order valence-electron chi connectivity index (χ2n) is 1.41. The van der Waals surface area contributed by atoms with Gasteiger partial charge in [0.2, 0.25) is 0 Å². The van der Waals surface area contributed by atoms with Gasteiger partial charge in [0, 0.05) is 0 Å². The average Bonchev–Trinajstić information content (AvgIpc) is 1.35. The Morgan fingerprint density at radius 3 is 2.17 bits per heavy atom. The van der Waals surface area contributed by atoms with E-state index in [2.05, 4.69) is 11.8 Å². The smallest absolute Gasteiger partial charge is 0.0986 e. The van der Waals surface area contributed by atoms with Crippen LogP contribution >= 0.6 is 0 Å². The number of hydrogen-bond acceptors (Lipinski definition) is 2. The second-order valence-corrected chi connectivity index (χ2v) is 1.41. The number of nitrogens with zero attached hydrogens (tertiary/aromatic N) is 1. The van der Waals surface area contributed by atoms with Crippen LogP contribution in [0, 0.1) is 7.11 Å². The first kappa shape index (κ1) is 5.92. The molecule has 0 spiro atoms. The van der Waals surface area contributed by atoms with Gasteiger partial charge in [-0.05, 0) is 14.1 Å². The van der Waals surface area contributed by atoms with Crippen molar-refractivity contribution in [1.82, 2.24) is 4.90 Å². The average molecular weight is 88.1 g/mol. The quantitative estimate of drug-likeness (QED) is 0.450. The lowest BCUT2D eigenvalue weighted by molar-refractivity contribution is 0.128. The maximum absolute atomic E-state index is 4.48. The lowest BCUT2D eigenvalue weighted by atomic mass is 10.9. The van der Waals surface area contributed by atoms with Crippen LogP contribution in [0.15, 0.2) is 0 Å². The van der Waals surface area contributed by atoms with Gasteiger partial charge in [-0.25, -0.2) is 0 Å². The second kappa shape index (κ2) is 3.12. The molecule has 0 saturated heterocycles. The summed E-state index contributed by atoms with van der Waals surface area (Å²) in [7, 11) is 7.03. The zero-order valence-electron chi connectivity index (χ0n) is 4.27. The minimum Gasteiger partial charge on any atom is -0.364 e. The Morgan fingerprint density at radius 2 is 2.17 bits per heavy atom. The van der Waals surface area contributed by atoms with Crippen LogP contribution in [0.4, 0.5) is 0 Å². The lowest BCUT2D eigenvalue weighted by Gasteiger charge is -2.04. The van der Waals surface area contributed by atoms with Gasteiger partial charge in [0.15, 0.2) is 0 Å². The Hall–Kier alpha value is -0.0800. The lowest BCUT2D eigenvalue weighted by Crippen LogP contribution is -2.13. The summed E-state index contributed by atoms with van der Waals surface area (Å²) in [4.78, 5) is 1.90. The Labute approximate surface area is 38.7 Å². The van der Waals surface area contributed by atoms with Crippen LogP contribution in [-0.2, 0) is 4.74 Å². The normalized spacial score (nSPS) is 10.0. The minimum atomic E-state index is 0.597. The van der Waals surface area contributed by atoms with Gasteiger partial charge in [-0.3, -0.25) is 4.90 Å². The third kappa shape index (κ3) is 3.92. The van der Waals surface area contributed by atoms with Crippen molar-refractivity contribution in [2.75, 3.05) is 20.8 Å². The molecule has 0 N–H and O–H groups in total. The predicted octanol–water partition coefficient (Wildman–Crippen LogP) is 0.314. The highest BCUT2D eigenvalue weighted by atomic mass is 16.5. The molecule has 2 heteroatoms. The Kier molecular flexibility index (Phi) is 3.08. The van der Waals surface area contributed by atoms with E-state index in [4.69, 9.17) is 0 Å². The highest BCUT2D eigenvalue weighted by Gasteiger charge is 1.79. The molecule has 0 aliphatic heterocycles. The molecule has 0 bridgehead atoms. The van der Waals surface area contributed by atoms with Gasteiger partial charge in [0.05, 0.1) is 13.8 Å². The summed E-state index contributed by atoms with van der Waals surface area (Å²) >= 11 is 0. The van der Waals surface area contributed by atoms with E-state index in [0.717, 1.165) is 0 Å². The first-order chi connectivity index (χ1) is 2.77. The molecule has 0 aromatic carbocycles. The topological polar surface area (TPSA) is 12.5 Å². The van der Waals surface area contributed by atoms with Gasteiger partial charge in [-0.15, -0.1) is 0 Å². The number of ether oxygens (including phenoxy) is 1. The molecule has 0 aliphatic rings. The van der Waals surface area contributed by atoms with Crippen LogP contribution in [0.1, 0.15) is 0 Å². The van der Waals surface area contributed by atoms with Gasteiger partial charge >= 0.3 is 0 Å². The van der Waals surface area contributed by atoms with Crippen LogP contribution in [0.5, 0.6) is 0 Å². The molecule has 0 aliphatic carbocycles. The highest BCUT2D eigenvalue weighted by Crippen LogP contribution is 1.70. The molecule has 0 heterocycles. The summed E-state index contributed by atoms with van der Waals surface area (Å²) in [5.41, 5.74) is 0. The Balaban J connectivity index is 2.63. The summed E-state index contributed by atoms with van der Waals surface area (Å²) in [5.74, 6) is 0. The predicted molar refractivity (Wildman–Crippen MR) is 25.0 cm³/mol. The van der Waals surface area contributed by atoms with Crippen molar-refractivity contribution in [3.63, 3.8) is 0 Å². The van der Waals surface area contributed by atoms with E-state index in [1.54, 1.807) is 0 Å². The molecule has 0 rings (SSSR count). The van der Waals surface area contributed by atoms with E-state index in [9.17, 15) is 0 Å². The molecule has 0 amide bonds. The van der Waals surface area contributed by atoms with Crippen LogP contribution in [0.25, 0.3) is 0 Å². The molecule has 0 saturated carbocycles. The molecule has 0 unspecified atom stereocenters. The Bertz CT molecular complexity index is 28.7. The first-order valence-electron chi connectivity index (χ1n) is 1.79. The fourth-order valence-corrected chi connectivity index (χ4v) is 0.183. The fraction of sp³-hybridized carbons (Fsp3) is 0.750. The molecule has 6 heavy (non-hydrogen) atoms. The molecule has 0 aromatic rings. The number of hydrogen-bond donors (Lipinski definition) is 0. The summed E-state index contributed by atoms with van der Waals surface area (Å²) in [5, 5.41) is 0. The third-order valence-electron chi connectivity index (χ3n) is 0.349. The first-order valence-corrected chi connectivity index (χ1v) is 1.79. The third-order valence-corrected chi connectivity index (χ3v) is 0.349. The molecular weight excluding hydrogens is 78.0 g/mol. The van der Waals surface area contributed by atoms with E-state index in [1.165, 1.54) is 0 Å². The maximum atomic E-state index is 4.48. The van der Waals surface area contributed by atoms with Crippen LogP contribution in [0.3, 0.4) is 0 Å². The van der Waals surface area contributed by atoms with Crippen LogP contribution in [-0.4, -0.2) is 25.7 Å². The standard InChI is InChI=1S/C4H10NO/c1-5(2)4-6-3/h3-4H2,1-2H3. The van der Waals surface area contributed by atoms with Crippen molar-refractivity contribution < 1.29 is 4.74 Å². The highest BCUT2D eigenvalue weighted by molar-refractivity contribution is 4.22. The van der Waals surface area contributed by atoms with Crippen molar-refractivity contribution in [2.24, 2.45) is 0 Å². The molecule has 0 aromatic heterocycles. The Morgan fingerprint density at radius 1 is 1.67 bits per heavy atom. The van der Waals surface area contributed by atoms with Crippen LogP contribution < -0.4 is 0 Å². The summed E-state index contributed by atoms with van der Waals surface area (Å²) in [6.07, 6.45) is 0. The van der Waals surface area contributed by atoms with Crippen molar-refractivity contribution in [1.29, 1.82) is 0 Å². The largest absolute Gasteiger partial charge is 0.364 e. The monoisotopic (exact) mass is 88.1 g/mol. The maximum Gasteiger partial charge on any atom is 0.0986 e. The van der Waals surface area contributed by atoms with Crippen molar-refractivity contribution >= 4 is 0 Å². The zero-order valence-corrected chi connectivity index (χ0v) is 4.27. The van der Waals surface area contributed by atoms with Crippen molar-refractivity contribution in [3.8, 4) is 0 Å². The molecule has 37 valence electrons. The summed E-state index contributed by atoms with van der Waals surface area (Å²) in [6.45, 7) is 0.597. The molecule has 2 nitrogen and oxygen atoms in total. The van der Waals surface area contributed by atoms with E-state index in [-0.39, 0.29) is 0 Å². The van der Waals surface area contributed by atoms with Gasteiger partial charge in [0.1, 0.15) is 0 Å². The molecule has 0 fully saturated rings. The van der Waals surface area contributed by atoms with Gasteiger partial charge in [-0.2, -0.15) is 0 Å². The summed E-state index contributed by atoms with van der Waals surface area (Å²) in [6, 6.07) is 0. The fourth-order valence-electron chi connectivity index (χ4n) is 0.183. The van der Waals surface area contributed by atoms with E-state index in [0.29, 0.717) is 6.73 Å². The van der Waals surface area contributed by atoms with Gasteiger partial charge in [0.25, 0.3) is 0 Å². The van der Waals surface area contributed by atoms with Crippen molar-refractivity contribution in [2.45, 2.75) is 0 Å². The van der Waals surface area contributed by atoms with Gasteiger partial charge < -0.3 is 4.74 Å². The van der Waals surface area contributed by atoms with Crippen molar-refractivity contribution in [3.05, 3.63) is 7.11 Å². The number of rotatable bonds is 2. The van der Waals surface area contributed by atoms with E-state index in [1.807, 2.05) is 19.0 Å². The van der Waals surface area contributed by atoms with E-state index >= 15 is 0 Å². The summed E-state index contributed by atoms with van der Waals surface area (Å²) < 4.78 is 4.48. The minimum absolute atomic E-state index is 0.597. The molecule has 0 atom stereocenters. The van der Waals surface area contributed by atoms with E-state index < -0.39 is 0 Å². The SMILES string of the molecule is [CH2]OCN(C)C.